The average Bonchev–Trinajstić information content (AvgIpc) is 2.80. The van der Waals surface area contributed by atoms with Crippen LogP contribution in [0.2, 0.25) is 0 Å². The van der Waals surface area contributed by atoms with Crippen molar-refractivity contribution in [3.05, 3.63) is 91.7 Å². The highest BCUT2D eigenvalue weighted by molar-refractivity contribution is 5.99. The van der Waals surface area contributed by atoms with E-state index in [1.807, 2.05) is 0 Å². The van der Waals surface area contributed by atoms with E-state index in [1.165, 1.54) is 24.3 Å². The molecule has 0 heterocycles. The van der Waals surface area contributed by atoms with Crippen LogP contribution < -0.4 is 0 Å². The largest absolute Gasteiger partial charge is 0.409 e. The van der Waals surface area contributed by atoms with Crippen LogP contribution in [0.1, 0.15) is 44.7 Å². The molecule has 0 amide bonds. The molecule has 0 saturated carbocycles. The van der Waals surface area contributed by atoms with E-state index in [1.54, 1.807) is 24.3 Å². The SMILES string of the molecule is [N-]=[N+]=NCc1ccc(C(=O)OC(=N)CCC(=O)OC(=O)c2ccc(CN=[N+]=[N-])cc2)cc1. The van der Waals surface area contributed by atoms with Gasteiger partial charge in [0, 0.05) is 16.2 Å². The van der Waals surface area contributed by atoms with Crippen LogP contribution in [-0.4, -0.2) is 23.8 Å². The molecule has 12 heteroatoms. The number of ether oxygens (including phenoxy) is 2. The van der Waals surface area contributed by atoms with Crippen LogP contribution in [0.5, 0.6) is 0 Å². The van der Waals surface area contributed by atoms with Gasteiger partial charge in [0.15, 0.2) is 5.90 Å². The first-order chi connectivity index (χ1) is 15.4. The van der Waals surface area contributed by atoms with Crippen LogP contribution in [0.25, 0.3) is 20.9 Å². The molecule has 2 rings (SSSR count). The minimum atomic E-state index is -0.878. The maximum Gasteiger partial charge on any atom is 0.345 e. The summed E-state index contributed by atoms with van der Waals surface area (Å²) in [5.41, 5.74) is 18.3. The van der Waals surface area contributed by atoms with E-state index in [-0.39, 0.29) is 37.1 Å². The van der Waals surface area contributed by atoms with Gasteiger partial charge in [0.1, 0.15) is 0 Å². The fourth-order valence-corrected chi connectivity index (χ4v) is 2.37. The highest BCUT2D eigenvalue weighted by Crippen LogP contribution is 2.10. The van der Waals surface area contributed by atoms with E-state index in [0.29, 0.717) is 11.1 Å². The number of nitrogens with zero attached hydrogens (tertiary/aromatic N) is 6. The Kier molecular flexibility index (Phi) is 8.95. The van der Waals surface area contributed by atoms with Crippen LogP contribution >= 0.6 is 0 Å². The second-order valence-electron chi connectivity index (χ2n) is 6.25. The van der Waals surface area contributed by atoms with Crippen molar-refractivity contribution >= 4 is 23.8 Å². The third-order valence-electron chi connectivity index (χ3n) is 3.99. The lowest BCUT2D eigenvalue weighted by molar-refractivity contribution is -0.137. The van der Waals surface area contributed by atoms with Gasteiger partial charge < -0.3 is 9.47 Å². The molecular formula is C20H17N7O5. The third kappa shape index (κ3) is 7.64. The first-order valence-electron chi connectivity index (χ1n) is 9.17. The Labute approximate surface area is 181 Å². The van der Waals surface area contributed by atoms with Crippen molar-refractivity contribution in [3.63, 3.8) is 0 Å². The van der Waals surface area contributed by atoms with Gasteiger partial charge in [-0.2, -0.15) is 0 Å². The van der Waals surface area contributed by atoms with Crippen molar-refractivity contribution in [2.24, 2.45) is 10.2 Å². The van der Waals surface area contributed by atoms with Crippen molar-refractivity contribution in [1.29, 1.82) is 5.41 Å². The van der Waals surface area contributed by atoms with E-state index in [9.17, 15) is 14.4 Å². The normalized spacial score (nSPS) is 9.62. The van der Waals surface area contributed by atoms with Gasteiger partial charge in [-0.05, 0) is 46.5 Å². The van der Waals surface area contributed by atoms with Gasteiger partial charge >= 0.3 is 17.9 Å². The number of hydrogen-bond acceptors (Lipinski definition) is 8. The summed E-state index contributed by atoms with van der Waals surface area (Å²) in [5, 5.41) is 14.5. The highest BCUT2D eigenvalue weighted by atomic mass is 16.6. The van der Waals surface area contributed by atoms with Crippen molar-refractivity contribution in [2.75, 3.05) is 0 Å². The van der Waals surface area contributed by atoms with Gasteiger partial charge in [-0.1, -0.05) is 34.5 Å². The maximum atomic E-state index is 12.0. The smallest absolute Gasteiger partial charge is 0.345 e. The number of carbonyl (C=O) groups is 3. The first-order valence-corrected chi connectivity index (χ1v) is 9.17. The molecule has 0 unspecified atom stereocenters. The van der Waals surface area contributed by atoms with Gasteiger partial charge in [0.2, 0.25) is 0 Å². The zero-order valence-electron chi connectivity index (χ0n) is 16.7. The topological polar surface area (TPSA) is 191 Å². The maximum absolute atomic E-state index is 12.0. The number of benzene rings is 2. The fourth-order valence-electron chi connectivity index (χ4n) is 2.37. The zero-order valence-corrected chi connectivity index (χ0v) is 16.7. The molecule has 12 nitrogen and oxygen atoms in total. The van der Waals surface area contributed by atoms with E-state index in [2.05, 4.69) is 20.1 Å². The Morgan fingerprint density at radius 1 is 0.750 bits per heavy atom. The van der Waals surface area contributed by atoms with E-state index in [4.69, 9.17) is 25.9 Å². The zero-order chi connectivity index (χ0) is 23.3. The molecule has 162 valence electrons. The van der Waals surface area contributed by atoms with Crippen LogP contribution in [0.15, 0.2) is 58.8 Å². The van der Waals surface area contributed by atoms with Crippen LogP contribution in [0.4, 0.5) is 0 Å². The Hall–Kier alpha value is -4.66. The summed E-state index contributed by atoms with van der Waals surface area (Å²) in [6, 6.07) is 12.1. The van der Waals surface area contributed by atoms with Crippen molar-refractivity contribution in [3.8, 4) is 0 Å². The van der Waals surface area contributed by atoms with E-state index >= 15 is 0 Å². The van der Waals surface area contributed by atoms with Crippen molar-refractivity contribution in [1.82, 2.24) is 0 Å². The Morgan fingerprint density at radius 3 is 1.62 bits per heavy atom. The molecule has 32 heavy (non-hydrogen) atoms. The summed E-state index contributed by atoms with van der Waals surface area (Å²) in [4.78, 5) is 41.2. The lowest BCUT2D eigenvalue weighted by Crippen LogP contribution is -2.16. The summed E-state index contributed by atoms with van der Waals surface area (Å²) in [7, 11) is 0. The van der Waals surface area contributed by atoms with Gasteiger partial charge in [-0.25, -0.2) is 9.59 Å². The summed E-state index contributed by atoms with van der Waals surface area (Å²) in [5.74, 6) is -2.98. The molecule has 0 spiro atoms. The number of azide groups is 2. The molecule has 0 aliphatic heterocycles. The molecule has 0 aliphatic rings. The van der Waals surface area contributed by atoms with Crippen molar-refractivity contribution in [2.45, 2.75) is 25.9 Å². The monoisotopic (exact) mass is 435 g/mol. The number of nitrogens with one attached hydrogen (secondary N) is 1. The van der Waals surface area contributed by atoms with Crippen molar-refractivity contribution < 1.29 is 23.9 Å². The fraction of sp³-hybridized carbons (Fsp3) is 0.200. The second-order valence-corrected chi connectivity index (χ2v) is 6.25. The van der Waals surface area contributed by atoms with Gasteiger partial charge in [0.05, 0.1) is 30.6 Å². The Bertz CT molecular complexity index is 1010. The average molecular weight is 435 g/mol. The lowest BCUT2D eigenvalue weighted by Gasteiger charge is -2.07. The summed E-state index contributed by atoms with van der Waals surface area (Å²) >= 11 is 0. The predicted molar refractivity (Wildman–Crippen MR) is 111 cm³/mol. The molecular weight excluding hydrogens is 418 g/mol. The second kappa shape index (κ2) is 12.1. The van der Waals surface area contributed by atoms with Gasteiger partial charge in [-0.15, -0.1) is 0 Å². The summed E-state index contributed by atoms with van der Waals surface area (Å²) in [6.07, 6.45) is -0.574. The molecule has 0 atom stereocenters. The molecule has 0 radical (unpaired) electrons. The number of hydrogen-bond donors (Lipinski definition) is 1. The molecule has 2 aromatic carbocycles. The quantitative estimate of drug-likeness (QED) is 0.114. The number of rotatable bonds is 9. The standard InChI is InChI=1S/C20H17N7O5/c21-17(31-19(29)15-5-1-13(2-6-15)11-24-26-22)9-10-18(28)32-20(30)16-7-3-14(4-8-16)12-25-27-23/h1-8,21H,9-12H2. The third-order valence-corrected chi connectivity index (χ3v) is 3.99. The van der Waals surface area contributed by atoms with Gasteiger partial charge in [0.25, 0.3) is 0 Å². The van der Waals surface area contributed by atoms with E-state index in [0.717, 1.165) is 0 Å². The number of esters is 3. The molecule has 0 saturated heterocycles. The molecule has 0 fully saturated rings. The Balaban J connectivity index is 1.78. The first kappa shape index (κ1) is 23.6. The summed E-state index contributed by atoms with van der Waals surface area (Å²) in [6.45, 7) is 0.272. The van der Waals surface area contributed by atoms with Crippen LogP contribution in [0, 0.1) is 5.41 Å². The predicted octanol–water partition coefficient (Wildman–Crippen LogP) is 4.61. The summed E-state index contributed by atoms with van der Waals surface area (Å²) < 4.78 is 9.59. The van der Waals surface area contributed by atoms with Crippen LogP contribution in [0.3, 0.4) is 0 Å². The highest BCUT2D eigenvalue weighted by Gasteiger charge is 2.16. The molecule has 2 aromatic rings. The minimum Gasteiger partial charge on any atom is -0.409 e. The van der Waals surface area contributed by atoms with Crippen LogP contribution in [-0.2, 0) is 27.4 Å². The number of carbonyl (C=O) groups excluding carboxylic acids is 3. The lowest BCUT2D eigenvalue weighted by atomic mass is 10.1. The molecule has 1 N–H and O–H groups in total. The molecule has 0 aromatic heterocycles. The minimum absolute atomic E-state index is 0.130. The van der Waals surface area contributed by atoms with E-state index < -0.39 is 23.8 Å². The van der Waals surface area contributed by atoms with Gasteiger partial charge in [-0.3, -0.25) is 10.2 Å². The molecule has 0 bridgehead atoms. The molecule has 0 aliphatic carbocycles. The Morgan fingerprint density at radius 2 is 1.19 bits per heavy atom.